The van der Waals surface area contributed by atoms with E-state index in [9.17, 15) is 8.42 Å². The van der Waals surface area contributed by atoms with E-state index in [1.807, 2.05) is 80.9 Å². The number of fused-ring (bicyclic) bond motifs is 2. The highest BCUT2D eigenvalue weighted by atomic mass is 32.2. The number of thiophene rings is 2. The molecule has 224 valence electrons. The highest BCUT2D eigenvalue weighted by Crippen LogP contribution is 2.46. The minimum atomic E-state index is -1.25. The van der Waals surface area contributed by atoms with Gasteiger partial charge in [-0.2, -0.15) is 0 Å². The zero-order valence-corrected chi connectivity index (χ0v) is 29.1. The lowest BCUT2D eigenvalue weighted by Gasteiger charge is -2.12. The Morgan fingerprint density at radius 1 is 0.978 bits per heavy atom. The maximum atomic E-state index is 13.1. The molecule has 4 nitrogen and oxygen atoms in total. The van der Waals surface area contributed by atoms with Crippen LogP contribution in [-0.2, 0) is 21.6 Å². The van der Waals surface area contributed by atoms with Gasteiger partial charge >= 0.3 is 0 Å². The first-order valence-corrected chi connectivity index (χ1v) is 19.7. The molecule has 0 fully saturated rings. The summed E-state index contributed by atoms with van der Waals surface area (Å²) in [5.74, 6) is 0. The third-order valence-electron chi connectivity index (χ3n) is 6.95. The van der Waals surface area contributed by atoms with E-state index in [1.165, 1.54) is 22.7 Å². The monoisotopic (exact) mass is 699 g/mol. The van der Waals surface area contributed by atoms with E-state index in [0.717, 1.165) is 73.9 Å². The van der Waals surface area contributed by atoms with Crippen molar-refractivity contribution in [3.05, 3.63) is 105 Å². The van der Waals surface area contributed by atoms with Crippen molar-refractivity contribution in [3.63, 3.8) is 0 Å². The van der Waals surface area contributed by atoms with Crippen LogP contribution >= 0.6 is 45.8 Å². The summed E-state index contributed by atoms with van der Waals surface area (Å²) in [6, 6.07) is 24.9. The molecule has 0 spiro atoms. The van der Waals surface area contributed by atoms with E-state index >= 15 is 0 Å². The van der Waals surface area contributed by atoms with E-state index < -0.39 is 21.6 Å². The van der Waals surface area contributed by atoms with Crippen LogP contribution < -0.4 is 9.47 Å². The Kier molecular flexibility index (Phi) is 10.0. The molecule has 0 bridgehead atoms. The maximum Gasteiger partial charge on any atom is 0.278 e. The number of anilines is 1. The van der Waals surface area contributed by atoms with E-state index in [4.69, 9.17) is 12.8 Å². The molecule has 5 aromatic rings. The SMILES string of the molecule is C#CN1/C(=C/C=C(/C=C/c2sc3ccc(S(=O)c4cccs4)cc3[n+]2C#C)CCCC)Sc2ccc(S(=O)c3cccs3)cc21. The zero-order valence-electron chi connectivity index (χ0n) is 24.2. The predicted molar refractivity (Wildman–Crippen MR) is 193 cm³/mol. The van der Waals surface area contributed by atoms with Gasteiger partial charge in [0.2, 0.25) is 11.6 Å². The van der Waals surface area contributed by atoms with Gasteiger partial charge in [-0.25, -0.2) is 8.42 Å². The molecule has 3 aromatic heterocycles. The number of benzene rings is 2. The largest absolute Gasteiger partial charge is 0.278 e. The van der Waals surface area contributed by atoms with E-state index in [-0.39, 0.29) is 0 Å². The first kappa shape index (κ1) is 31.5. The van der Waals surface area contributed by atoms with Gasteiger partial charge in [0.1, 0.15) is 4.70 Å². The van der Waals surface area contributed by atoms with Gasteiger partial charge in [-0.05, 0) is 84.1 Å². The molecular weight excluding hydrogens is 673 g/mol. The molecule has 45 heavy (non-hydrogen) atoms. The average Bonchev–Trinajstić information content (AvgIpc) is 3.89. The fraction of sp³-hybridized carbons (Fsp3) is 0.114. The smallest absolute Gasteiger partial charge is 0.262 e. The van der Waals surface area contributed by atoms with Gasteiger partial charge in [-0.15, -0.1) is 22.7 Å². The summed E-state index contributed by atoms with van der Waals surface area (Å²) >= 11 is 6.18. The van der Waals surface area contributed by atoms with Gasteiger partial charge in [0.25, 0.3) is 5.01 Å². The minimum Gasteiger partial charge on any atom is -0.262 e. The highest BCUT2D eigenvalue weighted by Gasteiger charge is 2.25. The molecule has 6 rings (SSSR count). The summed E-state index contributed by atoms with van der Waals surface area (Å²) in [7, 11) is -2.50. The summed E-state index contributed by atoms with van der Waals surface area (Å²) in [6.45, 7) is 2.18. The molecule has 0 amide bonds. The number of thioether (sulfide) groups is 1. The van der Waals surface area contributed by atoms with Crippen LogP contribution in [-0.4, -0.2) is 8.42 Å². The molecule has 4 heterocycles. The van der Waals surface area contributed by atoms with Crippen molar-refractivity contribution in [2.45, 2.75) is 49.3 Å². The van der Waals surface area contributed by atoms with E-state index in [2.05, 4.69) is 43.3 Å². The first-order valence-electron chi connectivity index (χ1n) is 14.0. The average molecular weight is 700 g/mol. The van der Waals surface area contributed by atoms with Crippen LogP contribution in [0.5, 0.6) is 0 Å². The Morgan fingerprint density at radius 2 is 1.69 bits per heavy atom. The molecule has 0 N–H and O–H groups in total. The number of unbranched alkanes of at least 4 members (excludes halogenated alkanes) is 1. The summed E-state index contributed by atoms with van der Waals surface area (Å²) < 4.78 is 30.6. The molecule has 1 aliphatic heterocycles. The third-order valence-corrected chi connectivity index (χ3v) is 14.3. The Morgan fingerprint density at radius 3 is 2.33 bits per heavy atom. The lowest BCUT2D eigenvalue weighted by molar-refractivity contribution is -0.551. The topological polar surface area (TPSA) is 41.3 Å². The second-order valence-electron chi connectivity index (χ2n) is 9.82. The summed E-state index contributed by atoms with van der Waals surface area (Å²) in [6.07, 6.45) is 23.3. The standard InChI is InChI=1S/C35H27N2O2S6/c1-4-7-10-25(13-19-32-36(5-2)28-23-26(15-17-30(28)42-32)44(38)34-11-8-21-40-34)14-20-33-37(6-3)29-24-27(16-18-31(29)43-33)45(39)35-12-9-22-41-35/h2-3,8-9,11-24H,4,7,10H2,1H3/q+1. The van der Waals surface area contributed by atoms with Crippen LogP contribution in [0.3, 0.4) is 0 Å². The molecule has 10 heteroatoms. The molecule has 0 aliphatic carbocycles. The van der Waals surface area contributed by atoms with Gasteiger partial charge in [0.15, 0.2) is 0 Å². The minimum absolute atomic E-state index is 0.732. The van der Waals surface area contributed by atoms with Gasteiger partial charge in [0.05, 0.1) is 45.6 Å². The Hall–Kier alpha value is -3.48. The quantitative estimate of drug-likeness (QED) is 0.0828. The molecule has 0 saturated heterocycles. The molecule has 0 saturated carbocycles. The second kappa shape index (κ2) is 14.3. The first-order chi connectivity index (χ1) is 22.0. The van der Waals surface area contributed by atoms with Gasteiger partial charge in [-0.1, -0.05) is 71.7 Å². The molecule has 0 radical (unpaired) electrons. The normalized spacial score (nSPS) is 15.4. The van der Waals surface area contributed by atoms with Crippen LogP contribution in [0.2, 0.25) is 0 Å². The van der Waals surface area contributed by atoms with Crippen molar-refractivity contribution in [1.82, 2.24) is 0 Å². The summed E-state index contributed by atoms with van der Waals surface area (Å²) in [4.78, 5) is 4.32. The number of nitrogens with zero attached hydrogens (tertiary/aromatic N) is 2. The Balaban J connectivity index is 1.28. The number of hydrogen-bond acceptors (Lipinski definition) is 7. The number of rotatable bonds is 10. The van der Waals surface area contributed by atoms with Crippen LogP contribution in [0.15, 0.2) is 123 Å². The summed E-state index contributed by atoms with van der Waals surface area (Å²) in [5.41, 5.74) is 2.89. The molecule has 2 unspecified atom stereocenters. The van der Waals surface area contributed by atoms with Gasteiger partial charge < -0.3 is 0 Å². The molecule has 2 atom stereocenters. The third kappa shape index (κ3) is 6.73. The van der Waals surface area contributed by atoms with Gasteiger partial charge in [-0.3, -0.25) is 4.90 Å². The van der Waals surface area contributed by atoms with Gasteiger partial charge in [0, 0.05) is 28.0 Å². The molecular formula is C35H27N2O2S6+. The number of terminal acetylenes is 2. The van der Waals surface area contributed by atoms with Crippen molar-refractivity contribution < 1.29 is 13.0 Å². The second-order valence-corrected chi connectivity index (χ2v) is 17.2. The highest BCUT2D eigenvalue weighted by molar-refractivity contribution is 8.03. The number of thiazole rings is 1. The number of allylic oxidation sites excluding steroid dienone is 4. The lowest BCUT2D eigenvalue weighted by Crippen LogP contribution is -2.28. The summed E-state index contributed by atoms with van der Waals surface area (Å²) in [5, 5.41) is 5.70. The van der Waals surface area contributed by atoms with Crippen molar-refractivity contribution in [2.75, 3.05) is 4.90 Å². The van der Waals surface area contributed by atoms with Crippen LogP contribution in [0.1, 0.15) is 31.2 Å². The van der Waals surface area contributed by atoms with Crippen molar-refractivity contribution >= 4 is 89.4 Å². The van der Waals surface area contributed by atoms with E-state index in [1.54, 1.807) is 23.1 Å². The fourth-order valence-electron chi connectivity index (χ4n) is 4.71. The zero-order chi connectivity index (χ0) is 31.3. The van der Waals surface area contributed by atoms with Crippen LogP contribution in [0.25, 0.3) is 16.3 Å². The van der Waals surface area contributed by atoms with Crippen LogP contribution in [0, 0.1) is 24.9 Å². The van der Waals surface area contributed by atoms with Crippen molar-refractivity contribution in [1.29, 1.82) is 0 Å². The van der Waals surface area contributed by atoms with Crippen LogP contribution in [0.4, 0.5) is 5.69 Å². The lowest BCUT2D eigenvalue weighted by atomic mass is 10.1. The van der Waals surface area contributed by atoms with E-state index in [0.29, 0.717) is 0 Å². The number of aromatic nitrogens is 1. The fourth-order valence-corrected chi connectivity index (χ4v) is 10.9. The maximum absolute atomic E-state index is 13.1. The van der Waals surface area contributed by atoms with Crippen molar-refractivity contribution in [2.24, 2.45) is 0 Å². The van der Waals surface area contributed by atoms with Crippen molar-refractivity contribution in [3.8, 4) is 24.9 Å². The Labute approximate surface area is 284 Å². The Bertz CT molecular complexity index is 2090. The number of hydrogen-bond donors (Lipinski definition) is 0. The molecule has 1 aliphatic rings. The molecule has 2 aromatic carbocycles. The predicted octanol–water partition coefficient (Wildman–Crippen LogP) is 9.26.